The second-order valence-corrected chi connectivity index (χ2v) is 5.34. The van der Waals surface area contributed by atoms with Gasteiger partial charge in [-0.2, -0.15) is 0 Å². The summed E-state index contributed by atoms with van der Waals surface area (Å²) >= 11 is 0. The number of ketones is 1. The van der Waals surface area contributed by atoms with Gasteiger partial charge >= 0.3 is 0 Å². The van der Waals surface area contributed by atoms with Gasteiger partial charge in [-0.05, 0) is 43.9 Å². The van der Waals surface area contributed by atoms with Gasteiger partial charge in [0.1, 0.15) is 5.75 Å². The van der Waals surface area contributed by atoms with E-state index in [0.29, 0.717) is 13.2 Å². The maximum atomic E-state index is 10.8. The molecular weight excluding hydrogens is 252 g/mol. The van der Waals surface area contributed by atoms with Crippen LogP contribution in [0.15, 0.2) is 24.3 Å². The Morgan fingerprint density at radius 1 is 1.25 bits per heavy atom. The Morgan fingerprint density at radius 2 is 1.90 bits per heavy atom. The van der Waals surface area contributed by atoms with Crippen molar-refractivity contribution < 1.29 is 14.3 Å². The van der Waals surface area contributed by atoms with Gasteiger partial charge in [0, 0.05) is 18.9 Å². The van der Waals surface area contributed by atoms with Crippen LogP contribution in [0.25, 0.3) is 0 Å². The second-order valence-electron chi connectivity index (χ2n) is 5.34. The number of carbonyl (C=O) groups excluding carboxylic acids is 1. The highest BCUT2D eigenvalue weighted by atomic mass is 16.5. The number of hydrogen-bond acceptors (Lipinski definition) is 3. The van der Waals surface area contributed by atoms with Gasteiger partial charge in [-0.25, -0.2) is 0 Å². The average molecular weight is 274 g/mol. The van der Waals surface area contributed by atoms with Crippen LogP contribution in [0.3, 0.4) is 0 Å². The van der Waals surface area contributed by atoms with Gasteiger partial charge in [-0.15, -0.1) is 0 Å². The molecule has 0 radical (unpaired) electrons. The molecule has 0 amide bonds. The average Bonchev–Trinajstić information content (AvgIpc) is 2.42. The summed E-state index contributed by atoms with van der Waals surface area (Å²) < 4.78 is 10.7. The number of rotatable bonds is 6. The van der Waals surface area contributed by atoms with E-state index in [2.05, 4.69) is 11.8 Å². The van der Waals surface area contributed by atoms with E-state index in [1.54, 1.807) is 7.11 Å². The summed E-state index contributed by atoms with van der Waals surface area (Å²) in [6, 6.07) is 7.81. The first kappa shape index (κ1) is 16.3. The highest BCUT2D eigenvalue weighted by Crippen LogP contribution is 2.19. The molecular formula is C17H22O3. The zero-order valence-corrected chi connectivity index (χ0v) is 12.7. The van der Waals surface area contributed by atoms with Crippen molar-refractivity contribution in [1.29, 1.82) is 0 Å². The van der Waals surface area contributed by atoms with Crippen LogP contribution in [-0.4, -0.2) is 19.5 Å². The van der Waals surface area contributed by atoms with Crippen molar-refractivity contribution in [3.8, 4) is 17.6 Å². The van der Waals surface area contributed by atoms with Crippen molar-refractivity contribution in [1.82, 2.24) is 0 Å². The molecule has 0 fully saturated rings. The summed E-state index contributed by atoms with van der Waals surface area (Å²) in [6.07, 6.45) is 0.795. The molecule has 3 heteroatoms. The minimum atomic E-state index is -0.203. The summed E-state index contributed by atoms with van der Waals surface area (Å²) in [6.45, 7) is 6.69. The molecule has 0 spiro atoms. The summed E-state index contributed by atoms with van der Waals surface area (Å²) in [5, 5.41) is 0. The van der Waals surface area contributed by atoms with Crippen LogP contribution < -0.4 is 4.74 Å². The standard InChI is InChI=1S/C17H22O3/c1-14(18)9-10-17(2,3)11-12-20-13-15-5-7-16(19-4)8-6-15/h5-8H,11-13H2,1-4H3. The van der Waals surface area contributed by atoms with Gasteiger partial charge in [0.2, 0.25) is 5.78 Å². The third-order valence-electron chi connectivity index (χ3n) is 2.88. The molecule has 0 heterocycles. The lowest BCUT2D eigenvalue weighted by molar-refractivity contribution is -0.111. The Balaban J connectivity index is 2.34. The maximum Gasteiger partial charge on any atom is 0.202 e. The highest BCUT2D eigenvalue weighted by Gasteiger charge is 2.14. The van der Waals surface area contributed by atoms with Crippen molar-refractivity contribution in [2.45, 2.75) is 33.8 Å². The molecule has 1 aromatic rings. The van der Waals surface area contributed by atoms with E-state index >= 15 is 0 Å². The smallest absolute Gasteiger partial charge is 0.202 e. The van der Waals surface area contributed by atoms with Crippen molar-refractivity contribution >= 4 is 5.78 Å². The first-order valence-corrected chi connectivity index (χ1v) is 6.67. The maximum absolute atomic E-state index is 10.8. The molecule has 0 aliphatic carbocycles. The van der Waals surface area contributed by atoms with Gasteiger partial charge in [0.25, 0.3) is 0 Å². The Bertz CT molecular complexity index is 489. The monoisotopic (exact) mass is 274 g/mol. The highest BCUT2D eigenvalue weighted by molar-refractivity contribution is 5.93. The lowest BCUT2D eigenvalue weighted by atomic mass is 9.90. The molecule has 0 saturated heterocycles. The number of Topliss-reactive ketones (excluding diaryl/α,β-unsaturated/α-hetero) is 1. The van der Waals surface area contributed by atoms with Crippen molar-refractivity contribution in [2.75, 3.05) is 13.7 Å². The normalized spacial score (nSPS) is 10.6. The van der Waals surface area contributed by atoms with Gasteiger partial charge < -0.3 is 9.47 Å². The quantitative estimate of drug-likeness (QED) is 0.454. The van der Waals surface area contributed by atoms with Gasteiger partial charge in [0.15, 0.2) is 0 Å². The first-order valence-electron chi connectivity index (χ1n) is 6.67. The molecule has 1 rings (SSSR count). The fourth-order valence-corrected chi connectivity index (χ4v) is 1.56. The van der Waals surface area contributed by atoms with Crippen LogP contribution in [0.2, 0.25) is 0 Å². The van der Waals surface area contributed by atoms with E-state index in [0.717, 1.165) is 17.7 Å². The molecule has 0 aromatic heterocycles. The van der Waals surface area contributed by atoms with Gasteiger partial charge in [-0.1, -0.05) is 18.1 Å². The molecule has 1 aromatic carbocycles. The van der Waals surface area contributed by atoms with Gasteiger partial charge in [-0.3, -0.25) is 4.79 Å². The molecule has 108 valence electrons. The fourth-order valence-electron chi connectivity index (χ4n) is 1.56. The summed E-state index contributed by atoms with van der Waals surface area (Å²) in [5.41, 5.74) is 0.907. The van der Waals surface area contributed by atoms with E-state index in [1.165, 1.54) is 6.92 Å². The van der Waals surface area contributed by atoms with Crippen LogP contribution in [0, 0.1) is 17.3 Å². The van der Waals surface area contributed by atoms with E-state index in [4.69, 9.17) is 9.47 Å². The minimum absolute atomic E-state index is 0.0998. The van der Waals surface area contributed by atoms with Crippen molar-refractivity contribution in [2.24, 2.45) is 5.41 Å². The number of methoxy groups -OCH3 is 1. The van der Waals surface area contributed by atoms with E-state index in [-0.39, 0.29) is 11.2 Å². The zero-order valence-electron chi connectivity index (χ0n) is 12.7. The van der Waals surface area contributed by atoms with Gasteiger partial charge in [0.05, 0.1) is 13.7 Å². The largest absolute Gasteiger partial charge is 0.497 e. The number of carbonyl (C=O) groups is 1. The third-order valence-corrected chi connectivity index (χ3v) is 2.88. The van der Waals surface area contributed by atoms with E-state index < -0.39 is 0 Å². The Labute approximate surface area is 121 Å². The molecule has 0 saturated carbocycles. The summed E-state index contributed by atoms with van der Waals surface area (Å²) in [7, 11) is 1.65. The second kappa shape index (κ2) is 7.72. The SMILES string of the molecule is COc1ccc(COCCC(C)(C)C#CC(C)=O)cc1. The first-order chi connectivity index (χ1) is 9.43. The van der Waals surface area contributed by atoms with Crippen LogP contribution in [0.4, 0.5) is 0 Å². The Morgan fingerprint density at radius 3 is 2.45 bits per heavy atom. The number of hydrogen-bond donors (Lipinski definition) is 0. The molecule has 0 bridgehead atoms. The zero-order chi connectivity index (χ0) is 15.0. The minimum Gasteiger partial charge on any atom is -0.497 e. The number of benzene rings is 1. The molecule has 0 aliphatic heterocycles. The third kappa shape index (κ3) is 6.40. The number of ether oxygens (including phenoxy) is 2. The lowest BCUT2D eigenvalue weighted by Gasteiger charge is -2.17. The molecule has 0 unspecified atom stereocenters. The van der Waals surface area contributed by atoms with E-state index in [9.17, 15) is 4.79 Å². The van der Waals surface area contributed by atoms with Crippen LogP contribution in [-0.2, 0) is 16.1 Å². The molecule has 3 nitrogen and oxygen atoms in total. The molecule has 20 heavy (non-hydrogen) atoms. The predicted molar refractivity (Wildman–Crippen MR) is 79.5 cm³/mol. The summed E-state index contributed by atoms with van der Waals surface area (Å²) in [5.74, 6) is 6.32. The van der Waals surface area contributed by atoms with Crippen LogP contribution in [0.1, 0.15) is 32.8 Å². The predicted octanol–water partition coefficient (Wildman–Crippen LogP) is 3.22. The van der Waals surface area contributed by atoms with Crippen LogP contribution in [0.5, 0.6) is 5.75 Å². The molecule has 0 atom stereocenters. The Kier molecular flexibility index (Phi) is 6.27. The lowest BCUT2D eigenvalue weighted by Crippen LogP contribution is -2.12. The van der Waals surface area contributed by atoms with E-state index in [1.807, 2.05) is 38.1 Å². The van der Waals surface area contributed by atoms with Crippen molar-refractivity contribution in [3.63, 3.8) is 0 Å². The topological polar surface area (TPSA) is 35.5 Å². The molecule has 0 aliphatic rings. The molecule has 0 N–H and O–H groups in total. The Hall–Kier alpha value is -1.79. The summed E-state index contributed by atoms with van der Waals surface area (Å²) in [4.78, 5) is 10.8. The fraction of sp³-hybridized carbons (Fsp3) is 0.471. The van der Waals surface area contributed by atoms with Crippen molar-refractivity contribution in [3.05, 3.63) is 29.8 Å². The van der Waals surface area contributed by atoms with Crippen LogP contribution >= 0.6 is 0 Å².